The summed E-state index contributed by atoms with van der Waals surface area (Å²) in [7, 11) is 0. The summed E-state index contributed by atoms with van der Waals surface area (Å²) < 4.78 is 0. The first-order chi connectivity index (χ1) is 13.0. The Bertz CT molecular complexity index is 777. The minimum absolute atomic E-state index is 0.138. The van der Waals surface area contributed by atoms with Gasteiger partial charge in [-0.1, -0.05) is 36.4 Å². The van der Waals surface area contributed by atoms with Gasteiger partial charge < -0.3 is 15.1 Å². The molecule has 27 heavy (non-hydrogen) atoms. The third-order valence-corrected chi connectivity index (χ3v) is 5.21. The minimum atomic E-state index is 0.138. The topological polar surface area (TPSA) is 35.6 Å². The van der Waals surface area contributed by atoms with E-state index in [-0.39, 0.29) is 18.0 Å². The monoisotopic (exact) mass is 365 g/mol. The fraction of sp³-hybridized carbons (Fsp3) is 0.435. The third-order valence-electron chi connectivity index (χ3n) is 5.21. The molecule has 0 spiro atoms. The first kappa shape index (κ1) is 19.3. The predicted octanol–water partition coefficient (Wildman–Crippen LogP) is 4.31. The largest absolute Gasteiger partial charge is 0.374 e. The number of benzene rings is 2. The average molecular weight is 366 g/mol. The number of nitrogens with one attached hydrogen (secondary N) is 1. The maximum Gasteiger partial charge on any atom is 0.242 e. The maximum absolute atomic E-state index is 12.7. The number of hydrogen-bond donors (Lipinski definition) is 1. The van der Waals surface area contributed by atoms with Crippen molar-refractivity contribution >= 4 is 17.3 Å². The summed E-state index contributed by atoms with van der Waals surface area (Å²) >= 11 is 0. The molecule has 4 nitrogen and oxygen atoms in total. The zero-order valence-corrected chi connectivity index (χ0v) is 16.9. The van der Waals surface area contributed by atoms with Crippen molar-refractivity contribution in [3.05, 3.63) is 59.7 Å². The van der Waals surface area contributed by atoms with E-state index in [4.69, 9.17) is 0 Å². The highest BCUT2D eigenvalue weighted by atomic mass is 16.2. The van der Waals surface area contributed by atoms with Crippen LogP contribution in [-0.4, -0.2) is 36.0 Å². The maximum atomic E-state index is 12.7. The van der Waals surface area contributed by atoms with Crippen LogP contribution >= 0.6 is 0 Å². The molecule has 0 atom stereocenters. The standard InChI is InChI=1S/C23H31N3O/c1-17(2)26(18(3)4)23(27)15-24-21-11-7-8-12-22(21)25-14-13-19-9-5-6-10-20(19)16-25/h5-12,17-18,24H,13-16H2,1-4H3. The van der Waals surface area contributed by atoms with Gasteiger partial charge in [-0.05, 0) is 57.4 Å². The van der Waals surface area contributed by atoms with E-state index in [0.717, 1.165) is 25.2 Å². The highest BCUT2D eigenvalue weighted by molar-refractivity contribution is 5.83. The molecular weight excluding hydrogens is 334 g/mol. The molecule has 1 aliphatic heterocycles. The molecule has 0 saturated carbocycles. The lowest BCUT2D eigenvalue weighted by Crippen LogP contribution is -2.44. The van der Waals surface area contributed by atoms with E-state index in [1.54, 1.807) is 0 Å². The Hall–Kier alpha value is -2.49. The molecule has 0 aliphatic carbocycles. The summed E-state index contributed by atoms with van der Waals surface area (Å²) in [5.41, 5.74) is 5.03. The third kappa shape index (κ3) is 4.44. The zero-order valence-electron chi connectivity index (χ0n) is 16.9. The Morgan fingerprint density at radius 3 is 2.33 bits per heavy atom. The summed E-state index contributed by atoms with van der Waals surface area (Å²) in [6.45, 7) is 10.5. The molecule has 0 radical (unpaired) electrons. The molecular formula is C23H31N3O. The van der Waals surface area contributed by atoms with Crippen LogP contribution in [0, 0.1) is 0 Å². The molecule has 1 aliphatic rings. The lowest BCUT2D eigenvalue weighted by atomic mass is 9.99. The molecule has 1 amide bonds. The van der Waals surface area contributed by atoms with Crippen molar-refractivity contribution in [3.8, 4) is 0 Å². The zero-order chi connectivity index (χ0) is 19.4. The number of carbonyl (C=O) groups is 1. The van der Waals surface area contributed by atoms with Crippen molar-refractivity contribution in [1.82, 2.24) is 4.90 Å². The van der Waals surface area contributed by atoms with Gasteiger partial charge in [-0.3, -0.25) is 4.79 Å². The Kier molecular flexibility index (Phi) is 6.04. The van der Waals surface area contributed by atoms with Gasteiger partial charge in [0.2, 0.25) is 5.91 Å². The van der Waals surface area contributed by atoms with Crippen LogP contribution in [0.2, 0.25) is 0 Å². The Morgan fingerprint density at radius 2 is 1.63 bits per heavy atom. The first-order valence-corrected chi connectivity index (χ1v) is 9.93. The molecule has 0 saturated heterocycles. The normalized spacial score (nSPS) is 13.6. The van der Waals surface area contributed by atoms with Crippen molar-refractivity contribution in [1.29, 1.82) is 0 Å². The molecule has 0 aromatic heterocycles. The lowest BCUT2D eigenvalue weighted by Gasteiger charge is -2.33. The summed E-state index contributed by atoms with van der Waals surface area (Å²) in [4.78, 5) is 17.0. The van der Waals surface area contributed by atoms with Crippen molar-refractivity contribution in [3.63, 3.8) is 0 Å². The summed E-state index contributed by atoms with van der Waals surface area (Å²) in [5.74, 6) is 0.138. The van der Waals surface area contributed by atoms with Gasteiger partial charge >= 0.3 is 0 Å². The minimum Gasteiger partial charge on any atom is -0.374 e. The molecule has 1 N–H and O–H groups in total. The summed E-state index contributed by atoms with van der Waals surface area (Å²) in [5, 5.41) is 3.39. The van der Waals surface area contributed by atoms with Gasteiger partial charge in [-0.2, -0.15) is 0 Å². The number of fused-ring (bicyclic) bond motifs is 1. The van der Waals surface area contributed by atoms with E-state index in [1.807, 2.05) is 11.0 Å². The second kappa shape index (κ2) is 8.47. The van der Waals surface area contributed by atoms with Gasteiger partial charge in [-0.25, -0.2) is 0 Å². The van der Waals surface area contributed by atoms with Crippen molar-refractivity contribution < 1.29 is 4.79 Å². The smallest absolute Gasteiger partial charge is 0.242 e. The van der Waals surface area contributed by atoms with Gasteiger partial charge in [0.05, 0.1) is 17.9 Å². The van der Waals surface area contributed by atoms with E-state index in [1.165, 1.54) is 16.8 Å². The molecule has 1 heterocycles. The highest BCUT2D eigenvalue weighted by Crippen LogP contribution is 2.30. The molecule has 4 heteroatoms. The molecule has 0 unspecified atom stereocenters. The van der Waals surface area contributed by atoms with Crippen LogP contribution in [0.15, 0.2) is 48.5 Å². The predicted molar refractivity (Wildman–Crippen MR) is 113 cm³/mol. The number of amides is 1. The number of hydrogen-bond acceptors (Lipinski definition) is 3. The fourth-order valence-electron chi connectivity index (χ4n) is 4.03. The lowest BCUT2D eigenvalue weighted by molar-refractivity contribution is -0.132. The van der Waals surface area contributed by atoms with Crippen LogP contribution < -0.4 is 10.2 Å². The van der Waals surface area contributed by atoms with E-state index in [9.17, 15) is 4.79 Å². The summed E-state index contributed by atoms with van der Waals surface area (Å²) in [6.07, 6.45) is 1.05. The fourth-order valence-corrected chi connectivity index (χ4v) is 4.03. The van der Waals surface area contributed by atoms with Crippen molar-refractivity contribution in [2.24, 2.45) is 0 Å². The quantitative estimate of drug-likeness (QED) is 0.829. The van der Waals surface area contributed by atoms with Gasteiger partial charge in [-0.15, -0.1) is 0 Å². The Morgan fingerprint density at radius 1 is 1.00 bits per heavy atom. The number of anilines is 2. The van der Waals surface area contributed by atoms with Gasteiger partial charge in [0.1, 0.15) is 0 Å². The Labute approximate surface area is 163 Å². The van der Waals surface area contributed by atoms with Crippen LogP contribution in [-0.2, 0) is 17.8 Å². The van der Waals surface area contributed by atoms with Gasteiger partial charge in [0, 0.05) is 25.2 Å². The van der Waals surface area contributed by atoms with Crippen molar-refractivity contribution in [2.45, 2.75) is 52.7 Å². The second-order valence-corrected chi connectivity index (χ2v) is 7.80. The first-order valence-electron chi connectivity index (χ1n) is 9.93. The highest BCUT2D eigenvalue weighted by Gasteiger charge is 2.21. The number of rotatable bonds is 6. The molecule has 3 rings (SSSR count). The van der Waals surface area contributed by atoms with Crippen molar-refractivity contribution in [2.75, 3.05) is 23.3 Å². The van der Waals surface area contributed by atoms with Crippen LogP contribution in [0.1, 0.15) is 38.8 Å². The van der Waals surface area contributed by atoms with Crippen LogP contribution in [0.3, 0.4) is 0 Å². The SMILES string of the molecule is CC(C)N(C(=O)CNc1ccccc1N1CCc2ccccc2C1)C(C)C. The average Bonchev–Trinajstić information content (AvgIpc) is 2.65. The van der Waals surface area contributed by atoms with E-state index >= 15 is 0 Å². The van der Waals surface area contributed by atoms with Gasteiger partial charge in [0.15, 0.2) is 0 Å². The molecule has 2 aromatic carbocycles. The van der Waals surface area contributed by atoms with Gasteiger partial charge in [0.25, 0.3) is 0 Å². The number of carbonyl (C=O) groups excluding carboxylic acids is 1. The van der Waals surface area contributed by atoms with E-state index in [2.05, 4.69) is 80.4 Å². The van der Waals surface area contributed by atoms with E-state index < -0.39 is 0 Å². The van der Waals surface area contributed by atoms with E-state index in [0.29, 0.717) is 6.54 Å². The number of para-hydroxylation sites is 2. The molecule has 0 fully saturated rings. The summed E-state index contributed by atoms with van der Waals surface area (Å²) in [6, 6.07) is 17.4. The number of nitrogens with zero attached hydrogens (tertiary/aromatic N) is 2. The molecule has 2 aromatic rings. The van der Waals surface area contributed by atoms with Crippen LogP contribution in [0.4, 0.5) is 11.4 Å². The van der Waals surface area contributed by atoms with Crippen LogP contribution in [0.5, 0.6) is 0 Å². The van der Waals surface area contributed by atoms with Crippen LogP contribution in [0.25, 0.3) is 0 Å². The second-order valence-electron chi connectivity index (χ2n) is 7.80. The molecule has 144 valence electrons. The Balaban J connectivity index is 1.73. The molecule has 0 bridgehead atoms.